The fourth-order valence-corrected chi connectivity index (χ4v) is 3.73. The molecule has 0 heterocycles. The van der Waals surface area contributed by atoms with Crippen molar-refractivity contribution in [2.24, 2.45) is 5.10 Å². The SMILES string of the molecule is CC(C)(C)N/N=C/c1ccccc1C1C(c2ccccc2)=Cc2ccccc21. The Hall–Kier alpha value is -3.13. The van der Waals surface area contributed by atoms with E-state index in [0.29, 0.717) is 0 Å². The Morgan fingerprint density at radius 3 is 2.18 bits per heavy atom. The van der Waals surface area contributed by atoms with Crippen LogP contribution in [0.3, 0.4) is 0 Å². The molecule has 0 bridgehead atoms. The fraction of sp³-hybridized carbons (Fsp3) is 0.192. The van der Waals surface area contributed by atoms with Crippen molar-refractivity contribution in [3.63, 3.8) is 0 Å². The number of nitrogens with one attached hydrogen (secondary N) is 1. The fourth-order valence-electron chi connectivity index (χ4n) is 3.73. The van der Waals surface area contributed by atoms with Gasteiger partial charge in [-0.15, -0.1) is 0 Å². The molecular formula is C26H26N2. The lowest BCUT2D eigenvalue weighted by Gasteiger charge is -2.21. The standard InChI is InChI=1S/C26H26N2/c1-26(2,3)28-27-18-21-14-8-10-16-23(21)25-22-15-9-7-13-20(22)17-24(25)19-11-5-4-6-12-19/h4-18,25,28H,1-3H3/b27-18+. The molecule has 0 fully saturated rings. The Bertz CT molecular complexity index is 1020. The molecule has 2 heteroatoms. The van der Waals surface area contributed by atoms with Gasteiger partial charge in [-0.2, -0.15) is 5.10 Å². The molecular weight excluding hydrogens is 340 g/mol. The third-order valence-electron chi connectivity index (χ3n) is 4.95. The van der Waals surface area contributed by atoms with E-state index in [1.165, 1.54) is 27.8 Å². The van der Waals surface area contributed by atoms with Gasteiger partial charge >= 0.3 is 0 Å². The maximum Gasteiger partial charge on any atom is 0.0543 e. The highest BCUT2D eigenvalue weighted by Gasteiger charge is 2.28. The van der Waals surface area contributed by atoms with Crippen LogP contribution in [0.2, 0.25) is 0 Å². The Labute approximate surface area is 167 Å². The molecule has 28 heavy (non-hydrogen) atoms. The second-order valence-electron chi connectivity index (χ2n) is 8.28. The summed E-state index contributed by atoms with van der Waals surface area (Å²) in [6.07, 6.45) is 4.28. The van der Waals surface area contributed by atoms with Gasteiger partial charge in [0, 0.05) is 11.5 Å². The highest BCUT2D eigenvalue weighted by Crippen LogP contribution is 2.46. The third-order valence-corrected chi connectivity index (χ3v) is 4.95. The van der Waals surface area contributed by atoms with Crippen molar-refractivity contribution < 1.29 is 0 Å². The van der Waals surface area contributed by atoms with Crippen molar-refractivity contribution in [3.8, 4) is 0 Å². The lowest BCUT2D eigenvalue weighted by atomic mass is 9.83. The number of rotatable bonds is 4. The number of allylic oxidation sites excluding steroid dienone is 1. The first-order valence-electron chi connectivity index (χ1n) is 9.78. The number of nitrogens with zero attached hydrogens (tertiary/aromatic N) is 1. The molecule has 0 amide bonds. The number of fused-ring (bicyclic) bond motifs is 1. The summed E-state index contributed by atoms with van der Waals surface area (Å²) >= 11 is 0. The predicted molar refractivity (Wildman–Crippen MR) is 120 cm³/mol. The number of hydrogen-bond donors (Lipinski definition) is 1. The third kappa shape index (κ3) is 3.77. The van der Waals surface area contributed by atoms with Crippen molar-refractivity contribution in [1.29, 1.82) is 0 Å². The summed E-state index contributed by atoms with van der Waals surface area (Å²) in [5, 5.41) is 4.50. The molecule has 3 aromatic rings. The number of hydrogen-bond acceptors (Lipinski definition) is 2. The zero-order chi connectivity index (χ0) is 19.6. The van der Waals surface area contributed by atoms with E-state index < -0.39 is 0 Å². The van der Waals surface area contributed by atoms with Gasteiger partial charge in [0.2, 0.25) is 0 Å². The molecule has 4 rings (SSSR count). The smallest absolute Gasteiger partial charge is 0.0543 e. The second kappa shape index (κ2) is 7.47. The Kier molecular flexibility index (Phi) is 4.87. The van der Waals surface area contributed by atoms with Crippen molar-refractivity contribution in [2.45, 2.75) is 32.2 Å². The van der Waals surface area contributed by atoms with E-state index >= 15 is 0 Å². The van der Waals surface area contributed by atoms with Gasteiger partial charge in [0.1, 0.15) is 0 Å². The van der Waals surface area contributed by atoms with Crippen molar-refractivity contribution in [3.05, 3.63) is 107 Å². The first-order valence-corrected chi connectivity index (χ1v) is 9.78. The van der Waals surface area contributed by atoms with Crippen LogP contribution in [0.25, 0.3) is 11.6 Å². The van der Waals surface area contributed by atoms with Gasteiger partial charge in [-0.1, -0.05) is 78.9 Å². The lowest BCUT2D eigenvalue weighted by Crippen LogP contribution is -2.31. The monoisotopic (exact) mass is 366 g/mol. The minimum Gasteiger partial charge on any atom is -0.305 e. The van der Waals surface area contributed by atoms with Crippen LogP contribution in [0.4, 0.5) is 0 Å². The van der Waals surface area contributed by atoms with Crippen LogP contribution in [0.5, 0.6) is 0 Å². The molecule has 0 saturated heterocycles. The highest BCUT2D eigenvalue weighted by atomic mass is 15.3. The normalized spacial score (nSPS) is 16.1. The molecule has 1 aliphatic carbocycles. The van der Waals surface area contributed by atoms with Gasteiger partial charge < -0.3 is 5.43 Å². The topological polar surface area (TPSA) is 24.4 Å². The van der Waals surface area contributed by atoms with E-state index in [9.17, 15) is 0 Å². The van der Waals surface area contributed by atoms with E-state index in [4.69, 9.17) is 0 Å². The number of benzene rings is 3. The average molecular weight is 367 g/mol. The lowest BCUT2D eigenvalue weighted by molar-refractivity contribution is 0.442. The molecule has 2 nitrogen and oxygen atoms in total. The van der Waals surface area contributed by atoms with Crippen molar-refractivity contribution >= 4 is 17.9 Å². The van der Waals surface area contributed by atoms with E-state index in [0.717, 1.165) is 5.56 Å². The Morgan fingerprint density at radius 1 is 0.786 bits per heavy atom. The van der Waals surface area contributed by atoms with Gasteiger partial charge in [-0.25, -0.2) is 0 Å². The van der Waals surface area contributed by atoms with E-state index in [2.05, 4.69) is 116 Å². The van der Waals surface area contributed by atoms with Crippen LogP contribution in [-0.2, 0) is 0 Å². The van der Waals surface area contributed by atoms with Crippen molar-refractivity contribution in [2.75, 3.05) is 0 Å². The highest BCUT2D eigenvalue weighted by molar-refractivity contribution is 5.95. The van der Waals surface area contributed by atoms with Crippen LogP contribution >= 0.6 is 0 Å². The zero-order valence-electron chi connectivity index (χ0n) is 16.7. The molecule has 1 N–H and O–H groups in total. The Morgan fingerprint density at radius 2 is 1.43 bits per heavy atom. The largest absolute Gasteiger partial charge is 0.305 e. The van der Waals surface area contributed by atoms with Crippen LogP contribution in [0.1, 0.15) is 54.5 Å². The second-order valence-corrected chi connectivity index (χ2v) is 8.28. The van der Waals surface area contributed by atoms with E-state index in [1.807, 2.05) is 6.21 Å². The summed E-state index contributed by atoms with van der Waals surface area (Å²) < 4.78 is 0. The molecule has 1 unspecified atom stereocenters. The molecule has 0 aliphatic heterocycles. The van der Waals surface area contributed by atoms with Crippen molar-refractivity contribution in [1.82, 2.24) is 5.43 Å². The average Bonchev–Trinajstić information content (AvgIpc) is 3.07. The Balaban J connectivity index is 1.80. The summed E-state index contributed by atoms with van der Waals surface area (Å²) in [6.45, 7) is 6.33. The minimum atomic E-state index is -0.0551. The van der Waals surface area contributed by atoms with Crippen LogP contribution < -0.4 is 5.43 Å². The summed E-state index contributed by atoms with van der Waals surface area (Å²) in [7, 11) is 0. The zero-order valence-corrected chi connectivity index (χ0v) is 16.7. The first-order chi connectivity index (χ1) is 13.5. The summed E-state index contributed by atoms with van der Waals surface area (Å²) in [5.74, 6) is 0.205. The molecule has 140 valence electrons. The minimum absolute atomic E-state index is 0.0551. The first kappa shape index (κ1) is 18.2. The number of hydrazone groups is 1. The maximum absolute atomic E-state index is 4.50. The van der Waals surface area contributed by atoms with Gasteiger partial charge in [0.05, 0.1) is 6.21 Å². The molecule has 3 aromatic carbocycles. The van der Waals surface area contributed by atoms with E-state index in [1.54, 1.807) is 0 Å². The molecule has 0 saturated carbocycles. The molecule has 1 aliphatic rings. The van der Waals surface area contributed by atoms with Crippen LogP contribution in [0.15, 0.2) is 84.0 Å². The van der Waals surface area contributed by atoms with Crippen LogP contribution in [0, 0.1) is 0 Å². The summed E-state index contributed by atoms with van der Waals surface area (Å²) in [5.41, 5.74) is 10.8. The van der Waals surface area contributed by atoms with E-state index in [-0.39, 0.29) is 11.5 Å². The molecule has 0 spiro atoms. The summed E-state index contributed by atoms with van der Waals surface area (Å²) in [6, 6.07) is 27.9. The molecule has 1 atom stereocenters. The quantitative estimate of drug-likeness (QED) is 0.438. The molecule has 0 radical (unpaired) electrons. The van der Waals surface area contributed by atoms with Crippen LogP contribution in [-0.4, -0.2) is 11.8 Å². The molecule has 0 aromatic heterocycles. The van der Waals surface area contributed by atoms with Gasteiger partial charge in [0.15, 0.2) is 0 Å². The summed E-state index contributed by atoms with van der Waals surface area (Å²) in [4.78, 5) is 0. The predicted octanol–water partition coefficient (Wildman–Crippen LogP) is 6.09. The van der Waals surface area contributed by atoms with Gasteiger partial charge in [0.25, 0.3) is 0 Å². The maximum atomic E-state index is 4.50. The van der Waals surface area contributed by atoms with Gasteiger partial charge in [-0.05, 0) is 60.2 Å². The van der Waals surface area contributed by atoms with Gasteiger partial charge in [-0.3, -0.25) is 0 Å².